The first kappa shape index (κ1) is 37.5. The van der Waals surface area contributed by atoms with Crippen LogP contribution in [0.4, 0.5) is 27.5 Å². The number of likely N-dealkylation sites (N-methyl/N-ethyl adjacent to an activating group) is 1. The highest BCUT2D eigenvalue weighted by molar-refractivity contribution is 6.43. The molecule has 0 atom stereocenters. The quantitative estimate of drug-likeness (QED) is 0.275. The van der Waals surface area contributed by atoms with Gasteiger partial charge in [0.25, 0.3) is 0 Å². The van der Waals surface area contributed by atoms with Gasteiger partial charge in [0.15, 0.2) is 0 Å². The second-order valence-electron chi connectivity index (χ2n) is 14.3. The standard InChI is InChI=1S/C21H32Cl2N4O.C18H19ClN4/c1-25(2)21(28)24-17-8-6-16(7-9-17)10-11-26-12-14-27(15-13-26)19-5-3-4-18(22)20(19)23;1-22-8-10-23(11-9-22)18-14-4-2-3-5-15(14)20-16-7-6-13(19)12-17(16)21-18/h3-5,16-17H,6-15H2,1-2H3,(H,24,28);2-7,12,20H,8-11H2,1H3. The van der Waals surface area contributed by atoms with E-state index in [1.54, 1.807) is 19.0 Å². The maximum absolute atomic E-state index is 11.8. The summed E-state index contributed by atoms with van der Waals surface area (Å²) in [5.41, 5.74) is 5.16. The highest BCUT2D eigenvalue weighted by atomic mass is 35.5. The van der Waals surface area contributed by atoms with Gasteiger partial charge in [0, 0.05) is 88.8 Å². The van der Waals surface area contributed by atoms with E-state index in [9.17, 15) is 4.79 Å². The van der Waals surface area contributed by atoms with Gasteiger partial charge in [0.1, 0.15) is 5.84 Å². The van der Waals surface area contributed by atoms with E-state index in [4.69, 9.17) is 39.8 Å². The maximum atomic E-state index is 11.8. The Hall–Kier alpha value is -3.21. The summed E-state index contributed by atoms with van der Waals surface area (Å²) in [6, 6.07) is 20.4. The molecule has 2 saturated heterocycles. The van der Waals surface area contributed by atoms with Crippen LogP contribution in [0, 0.1) is 5.92 Å². The molecule has 2 amide bonds. The van der Waals surface area contributed by atoms with Crippen LogP contribution < -0.4 is 15.5 Å². The van der Waals surface area contributed by atoms with E-state index < -0.39 is 0 Å². The molecule has 4 aliphatic rings. The minimum Gasteiger partial charge on any atom is -0.368 e. The van der Waals surface area contributed by atoms with Gasteiger partial charge in [-0.05, 0) is 94.1 Å². The molecule has 0 aromatic heterocycles. The first-order chi connectivity index (χ1) is 24.6. The van der Waals surface area contributed by atoms with E-state index in [0.717, 1.165) is 112 Å². The van der Waals surface area contributed by atoms with Gasteiger partial charge in [-0.25, -0.2) is 9.79 Å². The molecule has 1 saturated carbocycles. The van der Waals surface area contributed by atoms with Gasteiger partial charge < -0.3 is 30.2 Å². The van der Waals surface area contributed by atoms with E-state index in [1.165, 1.54) is 19.3 Å². The molecule has 7 rings (SSSR count). The first-order valence-corrected chi connectivity index (χ1v) is 19.4. The van der Waals surface area contributed by atoms with Gasteiger partial charge in [-0.3, -0.25) is 4.90 Å². The van der Waals surface area contributed by atoms with E-state index in [2.05, 4.69) is 61.5 Å². The molecule has 1 aliphatic carbocycles. The number of urea groups is 1. The number of hydrogen-bond donors (Lipinski definition) is 2. The van der Waals surface area contributed by atoms with Gasteiger partial charge in [-0.1, -0.05) is 53.0 Å². The molecule has 3 aliphatic heterocycles. The molecule has 0 unspecified atom stereocenters. The molecule has 3 heterocycles. The number of fused-ring (bicyclic) bond motifs is 2. The number of amidine groups is 1. The SMILES string of the molecule is CN(C)C(=O)NC1CCC(CCN2CCN(c3cccc(Cl)c3Cl)CC2)CC1.CN1CCN(C2=Nc3cc(Cl)ccc3Nc3ccccc32)CC1. The lowest BCUT2D eigenvalue weighted by molar-refractivity contribution is 0.194. The number of para-hydroxylation sites is 1. The van der Waals surface area contributed by atoms with Gasteiger partial charge >= 0.3 is 6.03 Å². The van der Waals surface area contributed by atoms with Crippen molar-refractivity contribution in [2.75, 3.05) is 90.3 Å². The van der Waals surface area contributed by atoms with Crippen LogP contribution in [0.15, 0.2) is 65.7 Å². The van der Waals surface area contributed by atoms with E-state index in [1.807, 2.05) is 36.4 Å². The zero-order chi connectivity index (χ0) is 35.9. The first-order valence-electron chi connectivity index (χ1n) is 18.2. The number of amides is 2. The molecule has 51 heavy (non-hydrogen) atoms. The summed E-state index contributed by atoms with van der Waals surface area (Å²) < 4.78 is 0. The Morgan fingerprint density at radius 1 is 0.843 bits per heavy atom. The van der Waals surface area contributed by atoms with E-state index >= 15 is 0 Å². The number of hydrogen-bond acceptors (Lipinski definition) is 7. The number of halogens is 3. The number of nitrogens with one attached hydrogen (secondary N) is 2. The van der Waals surface area contributed by atoms with Crippen LogP contribution in [0.25, 0.3) is 0 Å². The lowest BCUT2D eigenvalue weighted by atomic mass is 9.84. The monoisotopic (exact) mass is 752 g/mol. The zero-order valence-corrected chi connectivity index (χ0v) is 32.3. The Bertz CT molecular complexity index is 1660. The third kappa shape index (κ3) is 9.82. The Morgan fingerprint density at radius 2 is 1.55 bits per heavy atom. The van der Waals surface area contributed by atoms with Gasteiger partial charge in [0.05, 0.1) is 27.1 Å². The number of aliphatic imine (C=N–C) groups is 1. The minimum atomic E-state index is 0.0288. The van der Waals surface area contributed by atoms with Crippen LogP contribution in [0.5, 0.6) is 0 Å². The summed E-state index contributed by atoms with van der Waals surface area (Å²) in [6.45, 7) is 9.35. The lowest BCUT2D eigenvalue weighted by Gasteiger charge is -2.37. The van der Waals surface area contributed by atoms with Crippen molar-refractivity contribution < 1.29 is 4.79 Å². The highest BCUT2D eigenvalue weighted by Crippen LogP contribution is 2.37. The van der Waals surface area contributed by atoms with Crippen molar-refractivity contribution in [2.24, 2.45) is 10.9 Å². The smallest absolute Gasteiger partial charge is 0.317 e. The normalized spacial score (nSPS) is 20.9. The molecule has 3 aromatic rings. The summed E-state index contributed by atoms with van der Waals surface area (Å²) in [4.78, 5) is 28.0. The second kappa shape index (κ2) is 17.5. The molecular formula is C39H51Cl3N8O. The number of carbonyl (C=O) groups excluding carboxylic acids is 1. The number of benzene rings is 3. The number of anilines is 3. The largest absolute Gasteiger partial charge is 0.368 e. The lowest BCUT2D eigenvalue weighted by Crippen LogP contribution is -2.47. The number of carbonyl (C=O) groups is 1. The number of rotatable bonds is 5. The van der Waals surface area contributed by atoms with Crippen molar-refractivity contribution in [2.45, 2.75) is 38.1 Å². The molecule has 0 radical (unpaired) electrons. The van der Waals surface area contributed by atoms with Crippen molar-refractivity contribution in [3.63, 3.8) is 0 Å². The minimum absolute atomic E-state index is 0.0288. The van der Waals surface area contributed by atoms with Gasteiger partial charge in [0.2, 0.25) is 0 Å². The average Bonchev–Trinajstić information content (AvgIpc) is 3.30. The zero-order valence-electron chi connectivity index (χ0n) is 30.1. The molecule has 2 N–H and O–H groups in total. The summed E-state index contributed by atoms with van der Waals surface area (Å²) in [5.74, 6) is 1.81. The van der Waals surface area contributed by atoms with Crippen molar-refractivity contribution in [1.82, 2.24) is 24.9 Å². The van der Waals surface area contributed by atoms with Gasteiger partial charge in [-0.15, -0.1) is 0 Å². The Labute approximate surface area is 318 Å². The number of piperazine rings is 2. The molecule has 3 fully saturated rings. The molecule has 12 heteroatoms. The Morgan fingerprint density at radius 3 is 2.27 bits per heavy atom. The fourth-order valence-electron chi connectivity index (χ4n) is 7.28. The van der Waals surface area contributed by atoms with Crippen molar-refractivity contribution in [3.05, 3.63) is 81.3 Å². The topological polar surface area (TPSA) is 69.7 Å². The molecule has 3 aromatic carbocycles. The fourth-order valence-corrected chi connectivity index (χ4v) is 7.86. The van der Waals surface area contributed by atoms with Gasteiger partial charge in [-0.2, -0.15) is 0 Å². The van der Waals surface area contributed by atoms with Crippen molar-refractivity contribution in [1.29, 1.82) is 0 Å². The molecule has 0 bridgehead atoms. The summed E-state index contributed by atoms with van der Waals surface area (Å²) >= 11 is 18.7. The molecule has 274 valence electrons. The van der Waals surface area contributed by atoms with Crippen LogP contribution in [-0.2, 0) is 0 Å². The van der Waals surface area contributed by atoms with Crippen LogP contribution >= 0.6 is 34.8 Å². The van der Waals surface area contributed by atoms with Crippen LogP contribution in [0.3, 0.4) is 0 Å². The maximum Gasteiger partial charge on any atom is 0.317 e. The number of nitrogens with zero attached hydrogens (tertiary/aromatic N) is 6. The highest BCUT2D eigenvalue weighted by Gasteiger charge is 2.26. The molecular weight excluding hydrogens is 703 g/mol. The van der Waals surface area contributed by atoms with Crippen LogP contribution in [-0.4, -0.2) is 118 Å². The Balaban J connectivity index is 0.000000179. The molecule has 9 nitrogen and oxygen atoms in total. The predicted octanol–water partition coefficient (Wildman–Crippen LogP) is 8.06. The van der Waals surface area contributed by atoms with Crippen LogP contribution in [0.1, 0.15) is 37.7 Å². The van der Waals surface area contributed by atoms with Crippen molar-refractivity contribution >= 4 is 69.4 Å². The summed E-state index contributed by atoms with van der Waals surface area (Å²) in [7, 11) is 5.75. The second-order valence-corrected chi connectivity index (χ2v) is 15.5. The fraction of sp³-hybridized carbons (Fsp3) is 0.487. The Kier molecular flexibility index (Phi) is 12.9. The van der Waals surface area contributed by atoms with E-state index in [0.29, 0.717) is 21.1 Å². The van der Waals surface area contributed by atoms with Crippen molar-refractivity contribution in [3.8, 4) is 0 Å². The van der Waals surface area contributed by atoms with Crippen LogP contribution in [0.2, 0.25) is 15.1 Å². The summed E-state index contributed by atoms with van der Waals surface area (Å²) in [5, 5.41) is 8.62. The molecule has 0 spiro atoms. The average molecular weight is 754 g/mol. The van der Waals surface area contributed by atoms with E-state index in [-0.39, 0.29) is 6.03 Å². The third-order valence-electron chi connectivity index (χ3n) is 10.5. The third-order valence-corrected chi connectivity index (χ3v) is 11.5. The predicted molar refractivity (Wildman–Crippen MR) is 214 cm³/mol. The summed E-state index contributed by atoms with van der Waals surface area (Å²) in [6.07, 6.45) is 5.90.